The Morgan fingerprint density at radius 2 is 1.84 bits per heavy atom. The van der Waals surface area contributed by atoms with E-state index in [1.807, 2.05) is 49.4 Å². The minimum atomic E-state index is -0.207. The lowest BCUT2D eigenvalue weighted by Crippen LogP contribution is -2.23. The molecule has 0 aliphatic rings. The Labute approximate surface area is 190 Å². The van der Waals surface area contributed by atoms with E-state index in [1.165, 1.54) is 21.9 Å². The van der Waals surface area contributed by atoms with Crippen LogP contribution in [0.3, 0.4) is 0 Å². The van der Waals surface area contributed by atoms with E-state index in [1.54, 1.807) is 24.4 Å². The van der Waals surface area contributed by atoms with Gasteiger partial charge in [0.25, 0.3) is 5.56 Å². The van der Waals surface area contributed by atoms with Crippen molar-refractivity contribution in [3.63, 3.8) is 0 Å². The van der Waals surface area contributed by atoms with E-state index in [2.05, 4.69) is 22.2 Å². The number of nitrogens with zero attached hydrogens (tertiary/aromatic N) is 3. The number of hydrogen-bond acceptors (Lipinski definition) is 5. The number of fused-ring (bicyclic) bond motifs is 1. The van der Waals surface area contributed by atoms with Gasteiger partial charge in [-0.15, -0.1) is 0 Å². The van der Waals surface area contributed by atoms with E-state index in [9.17, 15) is 9.59 Å². The van der Waals surface area contributed by atoms with Gasteiger partial charge in [0, 0.05) is 11.9 Å². The summed E-state index contributed by atoms with van der Waals surface area (Å²) >= 11 is 1.21. The minimum Gasteiger partial charge on any atom is -0.325 e. The van der Waals surface area contributed by atoms with Crippen LogP contribution in [0.4, 0.5) is 5.69 Å². The zero-order chi connectivity index (χ0) is 22.5. The van der Waals surface area contributed by atoms with E-state index in [0.29, 0.717) is 21.9 Å². The number of nitrogens with one attached hydrogen (secondary N) is 1. The fourth-order valence-electron chi connectivity index (χ4n) is 3.37. The molecule has 0 fully saturated rings. The van der Waals surface area contributed by atoms with Crippen LogP contribution in [0.1, 0.15) is 24.5 Å². The molecular weight excluding hydrogens is 420 g/mol. The Hall–Kier alpha value is -3.45. The molecule has 2 aromatic heterocycles. The third kappa shape index (κ3) is 4.89. The third-order valence-corrected chi connectivity index (χ3v) is 5.92. The summed E-state index contributed by atoms with van der Waals surface area (Å²) in [6.07, 6.45) is 3.81. The highest BCUT2D eigenvalue weighted by atomic mass is 32.2. The molecule has 4 rings (SSSR count). The first-order valence-corrected chi connectivity index (χ1v) is 11.5. The van der Waals surface area contributed by atoms with Crippen LogP contribution in [0.5, 0.6) is 0 Å². The van der Waals surface area contributed by atoms with Gasteiger partial charge in [0.15, 0.2) is 5.16 Å². The number of aromatic nitrogens is 3. The quantitative estimate of drug-likeness (QED) is 0.328. The van der Waals surface area contributed by atoms with Gasteiger partial charge in [-0.25, -0.2) is 14.5 Å². The number of amides is 1. The van der Waals surface area contributed by atoms with Gasteiger partial charge in [-0.3, -0.25) is 9.59 Å². The monoisotopic (exact) mass is 444 g/mol. The topological polar surface area (TPSA) is 76.9 Å². The summed E-state index contributed by atoms with van der Waals surface area (Å²) in [5, 5.41) is 3.85. The zero-order valence-corrected chi connectivity index (χ0v) is 18.9. The number of anilines is 1. The Bertz CT molecular complexity index is 1300. The van der Waals surface area contributed by atoms with Crippen molar-refractivity contribution in [1.82, 2.24) is 14.5 Å². The Kier molecular flexibility index (Phi) is 6.66. The van der Waals surface area contributed by atoms with Gasteiger partial charge in [0.2, 0.25) is 5.91 Å². The smallest absolute Gasteiger partial charge is 0.267 e. The molecule has 1 N–H and O–H groups in total. The van der Waals surface area contributed by atoms with Crippen molar-refractivity contribution in [3.05, 3.63) is 88.3 Å². The van der Waals surface area contributed by atoms with E-state index >= 15 is 0 Å². The number of carbonyl (C=O) groups excluding carboxylic acids is 1. The molecule has 0 aliphatic carbocycles. The lowest BCUT2D eigenvalue weighted by Gasteiger charge is -2.13. The largest absolute Gasteiger partial charge is 0.325 e. The van der Waals surface area contributed by atoms with Crippen LogP contribution in [0.2, 0.25) is 0 Å². The summed E-state index contributed by atoms with van der Waals surface area (Å²) in [6, 6.07) is 18.8. The second-order valence-electron chi connectivity index (χ2n) is 7.53. The van der Waals surface area contributed by atoms with Crippen molar-refractivity contribution in [2.24, 2.45) is 0 Å². The number of para-hydroxylation sites is 1. The van der Waals surface area contributed by atoms with Crippen LogP contribution >= 0.6 is 11.8 Å². The predicted molar refractivity (Wildman–Crippen MR) is 130 cm³/mol. The Balaban J connectivity index is 1.59. The highest BCUT2D eigenvalue weighted by Gasteiger charge is 2.15. The van der Waals surface area contributed by atoms with Crippen molar-refractivity contribution < 1.29 is 4.79 Å². The van der Waals surface area contributed by atoms with Crippen molar-refractivity contribution >= 4 is 34.3 Å². The Morgan fingerprint density at radius 3 is 2.56 bits per heavy atom. The summed E-state index contributed by atoms with van der Waals surface area (Å²) < 4.78 is 1.47. The molecular formula is C25H24N4O2S. The number of hydrogen-bond donors (Lipinski definition) is 1. The van der Waals surface area contributed by atoms with E-state index in [-0.39, 0.29) is 17.2 Å². The van der Waals surface area contributed by atoms with Gasteiger partial charge in [-0.05, 0) is 54.8 Å². The first-order chi connectivity index (χ1) is 15.5. The average Bonchev–Trinajstić information content (AvgIpc) is 2.80. The van der Waals surface area contributed by atoms with Gasteiger partial charge in [-0.1, -0.05) is 55.4 Å². The maximum absolute atomic E-state index is 13.2. The first-order valence-electron chi connectivity index (χ1n) is 10.5. The van der Waals surface area contributed by atoms with E-state index < -0.39 is 0 Å². The second kappa shape index (κ2) is 9.78. The van der Waals surface area contributed by atoms with Crippen molar-refractivity contribution in [2.45, 2.75) is 31.8 Å². The molecule has 0 aliphatic heterocycles. The number of thioether (sulfide) groups is 1. The van der Waals surface area contributed by atoms with Crippen LogP contribution < -0.4 is 10.9 Å². The van der Waals surface area contributed by atoms with Gasteiger partial charge in [-0.2, -0.15) is 0 Å². The van der Waals surface area contributed by atoms with Gasteiger partial charge in [0.1, 0.15) is 5.82 Å². The lowest BCUT2D eigenvalue weighted by molar-refractivity contribution is -0.113. The summed E-state index contributed by atoms with van der Waals surface area (Å²) in [6.45, 7) is 4.08. The number of aryl methyl sites for hydroxylation is 2. The average molecular weight is 445 g/mol. The van der Waals surface area contributed by atoms with Crippen molar-refractivity contribution in [3.8, 4) is 5.82 Å². The molecule has 0 unspecified atom stereocenters. The fourth-order valence-corrected chi connectivity index (χ4v) is 4.17. The maximum atomic E-state index is 13.2. The molecule has 0 spiro atoms. The highest BCUT2D eigenvalue weighted by Crippen LogP contribution is 2.21. The zero-order valence-electron chi connectivity index (χ0n) is 18.0. The van der Waals surface area contributed by atoms with Gasteiger partial charge >= 0.3 is 0 Å². The molecule has 0 atom stereocenters. The molecule has 6 nitrogen and oxygen atoms in total. The third-order valence-electron chi connectivity index (χ3n) is 4.98. The first kappa shape index (κ1) is 21.8. The van der Waals surface area contributed by atoms with E-state index in [0.717, 1.165) is 24.1 Å². The summed E-state index contributed by atoms with van der Waals surface area (Å²) in [5.74, 6) is 0.435. The van der Waals surface area contributed by atoms with Crippen LogP contribution in [0.25, 0.3) is 16.7 Å². The van der Waals surface area contributed by atoms with Gasteiger partial charge < -0.3 is 5.32 Å². The fraction of sp³-hybridized carbons (Fsp3) is 0.200. The van der Waals surface area contributed by atoms with Crippen LogP contribution in [-0.2, 0) is 11.2 Å². The van der Waals surface area contributed by atoms with Crippen molar-refractivity contribution in [2.75, 3.05) is 11.1 Å². The summed E-state index contributed by atoms with van der Waals surface area (Å²) in [5.41, 5.74) is 3.38. The normalized spacial score (nSPS) is 10.9. The lowest BCUT2D eigenvalue weighted by atomic mass is 10.1. The predicted octanol–water partition coefficient (Wildman–Crippen LogP) is 4.77. The molecule has 0 saturated heterocycles. The molecule has 4 aromatic rings. The van der Waals surface area contributed by atoms with Gasteiger partial charge in [0.05, 0.1) is 16.7 Å². The molecule has 2 heterocycles. The van der Waals surface area contributed by atoms with Crippen LogP contribution in [-0.4, -0.2) is 26.2 Å². The minimum absolute atomic E-state index is 0.118. The van der Waals surface area contributed by atoms with Crippen LogP contribution in [0.15, 0.2) is 76.8 Å². The summed E-state index contributed by atoms with van der Waals surface area (Å²) in [7, 11) is 0. The van der Waals surface area contributed by atoms with Crippen molar-refractivity contribution in [1.29, 1.82) is 0 Å². The SMILES string of the molecule is CCCc1ccc(NC(=O)CSc2nc3ccccc3c(=O)n2-c2ccc(C)cn2)cc1. The molecule has 0 bridgehead atoms. The highest BCUT2D eigenvalue weighted by molar-refractivity contribution is 7.99. The molecule has 162 valence electrons. The van der Waals surface area contributed by atoms with Crippen LogP contribution in [0, 0.1) is 6.92 Å². The number of benzene rings is 2. The molecule has 0 saturated carbocycles. The second-order valence-corrected chi connectivity index (χ2v) is 8.47. The molecule has 1 amide bonds. The maximum Gasteiger partial charge on any atom is 0.267 e. The summed E-state index contributed by atoms with van der Waals surface area (Å²) in [4.78, 5) is 34.9. The Morgan fingerprint density at radius 1 is 1.06 bits per heavy atom. The molecule has 7 heteroatoms. The molecule has 32 heavy (non-hydrogen) atoms. The number of pyridine rings is 1. The standard InChI is InChI=1S/C25H24N4O2S/c1-3-6-18-10-12-19(13-11-18)27-23(30)16-32-25-28-21-8-5-4-7-20(21)24(31)29(25)22-14-9-17(2)15-26-22/h4-5,7-15H,3,6,16H2,1-2H3,(H,27,30). The molecule has 0 radical (unpaired) electrons. The number of rotatable bonds is 7. The molecule has 2 aromatic carbocycles. The van der Waals surface area contributed by atoms with E-state index in [4.69, 9.17) is 0 Å². The number of carbonyl (C=O) groups is 1.